The van der Waals surface area contributed by atoms with Crippen molar-refractivity contribution in [1.29, 1.82) is 5.41 Å². The first kappa shape index (κ1) is 8.72. The van der Waals surface area contributed by atoms with E-state index in [0.717, 1.165) is 17.6 Å². The lowest BCUT2D eigenvalue weighted by molar-refractivity contribution is 1.17. The van der Waals surface area contributed by atoms with Gasteiger partial charge in [-0.3, -0.25) is 0 Å². The van der Waals surface area contributed by atoms with Gasteiger partial charge in [-0.25, -0.2) is 0 Å². The maximum absolute atomic E-state index is 7.74. The summed E-state index contributed by atoms with van der Waals surface area (Å²) in [6.45, 7) is 5.84. The summed E-state index contributed by atoms with van der Waals surface area (Å²) in [4.78, 5) is 0. The van der Waals surface area contributed by atoms with Crippen LogP contribution >= 0.6 is 0 Å². The van der Waals surface area contributed by atoms with Crippen LogP contribution in [0.3, 0.4) is 0 Å². The normalized spacial score (nSPS) is 9.42. The summed E-state index contributed by atoms with van der Waals surface area (Å²) < 4.78 is 0. The van der Waals surface area contributed by atoms with Gasteiger partial charge in [0.2, 0.25) is 0 Å². The van der Waals surface area contributed by atoms with Crippen molar-refractivity contribution in [2.75, 3.05) is 0 Å². The molecule has 0 aliphatic carbocycles. The Morgan fingerprint density at radius 3 is 2.42 bits per heavy atom. The molecular weight excluding hydrogens is 146 g/mol. The smallest absolute Gasteiger partial charge is 0.0638 e. The molecule has 0 saturated heterocycles. The predicted molar refractivity (Wildman–Crippen MR) is 52.7 cm³/mol. The lowest BCUT2D eigenvalue weighted by Gasteiger charge is -2.03. The molecule has 1 aromatic carbocycles. The highest BCUT2D eigenvalue weighted by atomic mass is 14.4. The molecule has 0 bridgehead atoms. The van der Waals surface area contributed by atoms with E-state index in [2.05, 4.69) is 6.58 Å². The second kappa shape index (κ2) is 3.86. The Kier molecular flexibility index (Phi) is 2.81. The number of benzene rings is 1. The fourth-order valence-corrected chi connectivity index (χ4v) is 0.986. The minimum absolute atomic E-state index is 0.554. The van der Waals surface area contributed by atoms with Gasteiger partial charge in [0.25, 0.3) is 0 Å². The molecule has 0 heterocycles. The third-order valence-electron chi connectivity index (χ3n) is 1.84. The Balaban J connectivity index is 2.86. The van der Waals surface area contributed by atoms with E-state index in [1.54, 1.807) is 0 Å². The topological polar surface area (TPSA) is 23.9 Å². The van der Waals surface area contributed by atoms with Gasteiger partial charge in [-0.1, -0.05) is 43.8 Å². The van der Waals surface area contributed by atoms with Crippen molar-refractivity contribution in [3.8, 4) is 0 Å². The summed E-state index contributed by atoms with van der Waals surface area (Å²) in [6, 6.07) is 9.69. The molecule has 1 aromatic rings. The van der Waals surface area contributed by atoms with E-state index in [1.165, 1.54) is 0 Å². The molecule has 1 heteroatoms. The summed E-state index contributed by atoms with van der Waals surface area (Å²) in [5, 5.41) is 7.74. The molecule has 0 amide bonds. The zero-order valence-electron chi connectivity index (χ0n) is 7.30. The summed E-state index contributed by atoms with van der Waals surface area (Å²) in [7, 11) is 0. The Bertz CT molecular complexity index is 285. The molecule has 62 valence electrons. The molecule has 0 fully saturated rings. The van der Waals surface area contributed by atoms with Crippen molar-refractivity contribution in [2.24, 2.45) is 0 Å². The van der Waals surface area contributed by atoms with E-state index in [4.69, 9.17) is 5.41 Å². The maximum Gasteiger partial charge on any atom is 0.0638 e. The van der Waals surface area contributed by atoms with E-state index in [-0.39, 0.29) is 0 Å². The van der Waals surface area contributed by atoms with Crippen LogP contribution in [0, 0.1) is 5.41 Å². The Labute approximate surface area is 73.3 Å². The Morgan fingerprint density at radius 1 is 1.33 bits per heavy atom. The number of allylic oxidation sites excluding steroid dienone is 1. The lowest BCUT2D eigenvalue weighted by Crippen LogP contribution is -2.00. The molecule has 0 aliphatic rings. The molecule has 0 aromatic heterocycles. The van der Waals surface area contributed by atoms with Crippen molar-refractivity contribution < 1.29 is 0 Å². The molecule has 0 unspecified atom stereocenters. The number of nitrogens with one attached hydrogen (secondary N) is 1. The molecule has 0 aliphatic heterocycles. The Morgan fingerprint density at radius 2 is 1.92 bits per heavy atom. The quantitative estimate of drug-likeness (QED) is 0.655. The molecule has 0 atom stereocenters. The van der Waals surface area contributed by atoms with Gasteiger partial charge in [-0.2, -0.15) is 0 Å². The first-order valence-corrected chi connectivity index (χ1v) is 4.07. The first-order chi connectivity index (χ1) is 5.75. The van der Waals surface area contributed by atoms with Crippen LogP contribution in [0.5, 0.6) is 0 Å². The maximum atomic E-state index is 7.74. The number of rotatable bonds is 3. The van der Waals surface area contributed by atoms with Gasteiger partial charge in [-0.15, -0.1) is 0 Å². The van der Waals surface area contributed by atoms with Gasteiger partial charge in [0, 0.05) is 0 Å². The first-order valence-electron chi connectivity index (χ1n) is 4.07. The van der Waals surface area contributed by atoms with Gasteiger partial charge in [0.05, 0.1) is 5.71 Å². The van der Waals surface area contributed by atoms with Crippen molar-refractivity contribution >= 4 is 5.71 Å². The second-order valence-corrected chi connectivity index (χ2v) is 2.70. The molecule has 1 rings (SSSR count). The predicted octanol–water partition coefficient (Wildman–Crippen LogP) is 3.02. The van der Waals surface area contributed by atoms with E-state index in [9.17, 15) is 0 Å². The van der Waals surface area contributed by atoms with Gasteiger partial charge < -0.3 is 5.41 Å². The highest BCUT2D eigenvalue weighted by Gasteiger charge is 2.01. The van der Waals surface area contributed by atoms with Crippen molar-refractivity contribution in [3.05, 3.63) is 48.0 Å². The van der Waals surface area contributed by atoms with Gasteiger partial charge in [-0.05, 0) is 17.6 Å². The van der Waals surface area contributed by atoms with Crippen LogP contribution < -0.4 is 0 Å². The Hall–Kier alpha value is -1.37. The van der Waals surface area contributed by atoms with Crippen LogP contribution in [-0.4, -0.2) is 5.71 Å². The molecule has 12 heavy (non-hydrogen) atoms. The van der Waals surface area contributed by atoms with Crippen LogP contribution in [0.1, 0.15) is 18.9 Å². The minimum Gasteiger partial charge on any atom is -0.300 e. The zero-order valence-corrected chi connectivity index (χ0v) is 7.30. The second-order valence-electron chi connectivity index (χ2n) is 2.70. The number of hydrogen-bond acceptors (Lipinski definition) is 1. The van der Waals surface area contributed by atoms with E-state index in [0.29, 0.717) is 5.71 Å². The van der Waals surface area contributed by atoms with Gasteiger partial charge >= 0.3 is 0 Å². The molecule has 0 spiro atoms. The highest BCUT2D eigenvalue weighted by Crippen LogP contribution is 2.08. The standard InChI is InChI=1S/C11H13N/c1-3-9(2)11(12)10-7-5-4-6-8-10/h4-8,12H,2-3H2,1H3. The van der Waals surface area contributed by atoms with E-state index >= 15 is 0 Å². The average molecular weight is 159 g/mol. The van der Waals surface area contributed by atoms with Crippen LogP contribution in [0.25, 0.3) is 0 Å². The van der Waals surface area contributed by atoms with Gasteiger partial charge in [0.1, 0.15) is 0 Å². The number of hydrogen-bond donors (Lipinski definition) is 1. The summed E-state index contributed by atoms with van der Waals surface area (Å²) >= 11 is 0. The average Bonchev–Trinajstić information content (AvgIpc) is 2.17. The van der Waals surface area contributed by atoms with Crippen LogP contribution in [0.15, 0.2) is 42.5 Å². The third-order valence-corrected chi connectivity index (χ3v) is 1.84. The minimum atomic E-state index is 0.554. The zero-order chi connectivity index (χ0) is 8.97. The molecular formula is C11H13N. The van der Waals surface area contributed by atoms with Crippen LogP contribution in [0.4, 0.5) is 0 Å². The molecule has 1 N–H and O–H groups in total. The fraction of sp³-hybridized carbons (Fsp3) is 0.182. The molecule has 0 saturated carbocycles. The highest BCUT2D eigenvalue weighted by molar-refractivity contribution is 6.10. The van der Waals surface area contributed by atoms with E-state index in [1.807, 2.05) is 37.3 Å². The van der Waals surface area contributed by atoms with Crippen molar-refractivity contribution in [1.82, 2.24) is 0 Å². The lowest BCUT2D eigenvalue weighted by atomic mass is 10.0. The molecule has 0 radical (unpaired) electrons. The largest absolute Gasteiger partial charge is 0.300 e. The monoisotopic (exact) mass is 159 g/mol. The molecule has 1 nitrogen and oxygen atoms in total. The third kappa shape index (κ3) is 1.82. The van der Waals surface area contributed by atoms with E-state index < -0.39 is 0 Å². The summed E-state index contributed by atoms with van der Waals surface area (Å²) in [5.74, 6) is 0. The fourth-order valence-electron chi connectivity index (χ4n) is 0.986. The van der Waals surface area contributed by atoms with Gasteiger partial charge in [0.15, 0.2) is 0 Å². The summed E-state index contributed by atoms with van der Waals surface area (Å²) in [5.41, 5.74) is 2.39. The van der Waals surface area contributed by atoms with Crippen LogP contribution in [0.2, 0.25) is 0 Å². The van der Waals surface area contributed by atoms with Crippen molar-refractivity contribution in [2.45, 2.75) is 13.3 Å². The van der Waals surface area contributed by atoms with Crippen molar-refractivity contribution in [3.63, 3.8) is 0 Å². The summed E-state index contributed by atoms with van der Waals surface area (Å²) in [6.07, 6.45) is 0.841. The van der Waals surface area contributed by atoms with Crippen LogP contribution in [-0.2, 0) is 0 Å². The SMILES string of the molecule is C=C(CC)C(=N)c1ccccc1.